The zero-order chi connectivity index (χ0) is 54.5. The van der Waals surface area contributed by atoms with Gasteiger partial charge >= 0.3 is 7.82 Å². The summed E-state index contributed by atoms with van der Waals surface area (Å²) in [6, 6.07) is 63.1. The Hall–Kier alpha value is -4.57. The molecule has 6 aromatic rings. The van der Waals surface area contributed by atoms with Gasteiger partial charge in [0.25, 0.3) is 0 Å². The Kier molecular flexibility index (Phi) is 26.5. The van der Waals surface area contributed by atoms with E-state index in [2.05, 4.69) is 224 Å². The number of unbranched alkanes of at least 4 members (excludes halogenated alkanes) is 15. The van der Waals surface area contributed by atoms with Gasteiger partial charge in [0.05, 0.1) is 0 Å². The molecular weight excluding hydrogens is 960 g/mol. The van der Waals surface area contributed by atoms with E-state index in [0.717, 1.165) is 109 Å². The molecule has 6 aromatic carbocycles. The molecule has 0 radical (unpaired) electrons. The van der Waals surface area contributed by atoms with Crippen LogP contribution in [0.5, 0.6) is 0 Å². The molecule has 0 N–H and O–H groups in total. The van der Waals surface area contributed by atoms with Crippen LogP contribution in [0.25, 0.3) is 0 Å². The molecule has 0 aliphatic carbocycles. The molecule has 0 aliphatic heterocycles. The van der Waals surface area contributed by atoms with Crippen molar-refractivity contribution < 1.29 is 18.1 Å². The molecule has 5 heteroatoms. The number of hydrogen-bond donors (Lipinski definition) is 0. The van der Waals surface area contributed by atoms with Gasteiger partial charge in [-0.15, -0.1) is 0 Å². The average Bonchev–Trinajstić information content (AvgIpc) is 3.50. The Balaban J connectivity index is 1.54. The quantitative estimate of drug-likeness (QED) is 0.0285. The molecule has 0 atom stereocenters. The van der Waals surface area contributed by atoms with Crippen molar-refractivity contribution in [1.29, 1.82) is 0 Å². The predicted octanol–water partition coefficient (Wildman–Crippen LogP) is 22.3. The minimum absolute atomic E-state index is 0.588. The van der Waals surface area contributed by atoms with Crippen molar-refractivity contribution in [1.82, 2.24) is 0 Å². The van der Waals surface area contributed by atoms with Crippen LogP contribution in [0, 0.1) is 17.8 Å². The maximum absolute atomic E-state index is 18.0. The first-order valence-electron chi connectivity index (χ1n) is 30.6. The SMILES string of the molecule is CC(C)CCCCCCCCC(OP(=O)(OC(CCCCCCCCC(C)C)(c1ccccc1)c1ccccc1)OC(CCCCCCCCC(C)C)(c1ccccc1)c1ccccc1)(c1ccccc1)c1ccccc1. The van der Waals surface area contributed by atoms with E-state index >= 15 is 4.57 Å². The summed E-state index contributed by atoms with van der Waals surface area (Å²) >= 11 is 0. The number of benzene rings is 6. The maximum Gasteiger partial charge on any atom is 0.478 e. The van der Waals surface area contributed by atoms with Crippen LogP contribution in [-0.2, 0) is 34.9 Å². The third-order valence-electron chi connectivity index (χ3n) is 15.9. The van der Waals surface area contributed by atoms with Gasteiger partial charge in [0.1, 0.15) is 16.8 Å². The smallest absolute Gasteiger partial charge is 0.270 e. The van der Waals surface area contributed by atoms with Gasteiger partial charge < -0.3 is 0 Å². The van der Waals surface area contributed by atoms with Crippen LogP contribution in [0.1, 0.15) is 229 Å². The van der Waals surface area contributed by atoms with Crippen molar-refractivity contribution in [2.24, 2.45) is 17.8 Å². The van der Waals surface area contributed by atoms with Crippen molar-refractivity contribution >= 4 is 7.82 Å². The van der Waals surface area contributed by atoms with Crippen LogP contribution in [0.3, 0.4) is 0 Å². The summed E-state index contributed by atoms with van der Waals surface area (Å²) in [5.74, 6) is 2.18. The first-order valence-corrected chi connectivity index (χ1v) is 32.0. The van der Waals surface area contributed by atoms with E-state index in [1.165, 1.54) is 77.0 Å². The van der Waals surface area contributed by atoms with Crippen LogP contribution in [-0.4, -0.2) is 0 Å². The second-order valence-corrected chi connectivity index (χ2v) is 25.0. The third kappa shape index (κ3) is 19.3. The Morgan fingerprint density at radius 3 is 0.623 bits per heavy atom. The van der Waals surface area contributed by atoms with Crippen LogP contribution in [0.4, 0.5) is 0 Å². The fraction of sp³-hybridized carbons (Fsp3) is 0.500. The maximum atomic E-state index is 18.0. The van der Waals surface area contributed by atoms with Crippen LogP contribution >= 0.6 is 7.82 Å². The second kappa shape index (κ2) is 33.1. The minimum atomic E-state index is -4.82. The lowest BCUT2D eigenvalue weighted by Crippen LogP contribution is -2.38. The topological polar surface area (TPSA) is 44.8 Å². The second-order valence-electron chi connectivity index (χ2n) is 23.6. The Bertz CT molecular complexity index is 2080. The van der Waals surface area contributed by atoms with Crippen LogP contribution < -0.4 is 0 Å². The molecule has 0 amide bonds. The molecule has 0 aromatic heterocycles. The van der Waals surface area contributed by atoms with E-state index < -0.39 is 24.6 Å². The highest BCUT2D eigenvalue weighted by Gasteiger charge is 2.54. The largest absolute Gasteiger partial charge is 0.478 e. The Morgan fingerprint density at radius 2 is 0.442 bits per heavy atom. The number of phosphoric acid groups is 1. The molecule has 0 saturated heterocycles. The van der Waals surface area contributed by atoms with Crippen molar-refractivity contribution in [3.8, 4) is 0 Å². The van der Waals surface area contributed by atoms with E-state index in [9.17, 15) is 0 Å². The van der Waals surface area contributed by atoms with E-state index in [4.69, 9.17) is 13.6 Å². The van der Waals surface area contributed by atoms with Gasteiger partial charge in [-0.3, -0.25) is 13.6 Å². The summed E-state index contributed by atoms with van der Waals surface area (Å²) in [6.07, 6.45) is 25.8. The summed E-state index contributed by atoms with van der Waals surface area (Å²) in [7, 11) is -4.82. The van der Waals surface area contributed by atoms with Gasteiger partial charge in [0.2, 0.25) is 0 Å². The molecule has 416 valence electrons. The highest BCUT2D eigenvalue weighted by atomic mass is 31.2. The van der Waals surface area contributed by atoms with Gasteiger partial charge in [0, 0.05) is 0 Å². The zero-order valence-corrected chi connectivity index (χ0v) is 49.5. The Labute approximate surface area is 469 Å². The molecule has 0 unspecified atom stereocenters. The van der Waals surface area contributed by atoms with Crippen LogP contribution in [0.15, 0.2) is 182 Å². The van der Waals surface area contributed by atoms with E-state index in [0.29, 0.717) is 19.3 Å². The monoisotopic (exact) mass is 1060 g/mol. The molecular formula is C72H99O4P. The average molecular weight is 1060 g/mol. The van der Waals surface area contributed by atoms with Gasteiger partial charge in [0.15, 0.2) is 0 Å². The summed E-state index contributed by atoms with van der Waals surface area (Å²) in [6.45, 7) is 13.9. The summed E-state index contributed by atoms with van der Waals surface area (Å²) < 4.78 is 41.9. The number of rotatable bonds is 39. The molecule has 0 heterocycles. The fourth-order valence-electron chi connectivity index (χ4n) is 11.6. The van der Waals surface area contributed by atoms with Crippen LogP contribution in [0.2, 0.25) is 0 Å². The molecule has 0 fully saturated rings. The van der Waals surface area contributed by atoms with Gasteiger partial charge in [-0.1, -0.05) is 339 Å². The van der Waals surface area contributed by atoms with E-state index in [1.54, 1.807) is 0 Å². The summed E-state index contributed by atoms with van der Waals surface area (Å²) in [5.41, 5.74) is 1.96. The molecule has 0 saturated carbocycles. The third-order valence-corrected chi connectivity index (χ3v) is 17.5. The zero-order valence-electron chi connectivity index (χ0n) is 48.6. The standard InChI is InChI=1S/C72H99O4P/c1-61(2)43-25-13-7-10-16-40-58-70(64-46-28-19-29-47-64,65-48-30-20-31-49-65)74-77(73,75-71(66-50-32-21-33-51-66,67-52-34-22-35-53-67)59-41-17-11-8-14-26-44-62(3)4)76-72(68-54-36-23-37-55-68,69-56-38-24-39-57-69)60-42-18-12-9-15-27-45-63(5)6/h19-24,28-39,46-57,61-63H,7-18,25-27,40-45,58-60H2,1-6H3. The van der Waals surface area contributed by atoms with E-state index in [-0.39, 0.29) is 0 Å². The van der Waals surface area contributed by atoms with E-state index in [1.807, 2.05) is 0 Å². The van der Waals surface area contributed by atoms with Crippen molar-refractivity contribution in [2.75, 3.05) is 0 Å². The summed E-state index contributed by atoms with van der Waals surface area (Å²) in [5, 5.41) is 0. The van der Waals surface area contributed by atoms with Gasteiger partial charge in [-0.05, 0) is 89.7 Å². The normalized spacial score (nSPS) is 12.5. The molecule has 6 rings (SSSR count). The molecule has 0 spiro atoms. The molecule has 0 aliphatic rings. The highest BCUT2D eigenvalue weighted by Crippen LogP contribution is 2.67. The molecule has 77 heavy (non-hydrogen) atoms. The van der Waals surface area contributed by atoms with Gasteiger partial charge in [-0.2, -0.15) is 0 Å². The lowest BCUT2D eigenvalue weighted by atomic mass is 9.82. The number of hydrogen-bond acceptors (Lipinski definition) is 4. The lowest BCUT2D eigenvalue weighted by Gasteiger charge is -2.45. The van der Waals surface area contributed by atoms with Gasteiger partial charge in [-0.25, -0.2) is 4.57 Å². The highest BCUT2D eigenvalue weighted by molar-refractivity contribution is 7.48. The van der Waals surface area contributed by atoms with Crippen molar-refractivity contribution in [3.05, 3.63) is 215 Å². The lowest BCUT2D eigenvalue weighted by molar-refractivity contribution is -0.0512. The molecule has 4 nitrogen and oxygen atoms in total. The fourth-order valence-corrected chi connectivity index (χ4v) is 13.8. The first kappa shape index (κ1) is 61.6. The van der Waals surface area contributed by atoms with Crippen molar-refractivity contribution in [2.45, 2.75) is 212 Å². The number of phosphoric ester groups is 1. The predicted molar refractivity (Wildman–Crippen MR) is 327 cm³/mol. The minimum Gasteiger partial charge on any atom is -0.270 e. The summed E-state index contributed by atoms with van der Waals surface area (Å²) in [4.78, 5) is 0. The Morgan fingerprint density at radius 1 is 0.273 bits per heavy atom. The first-order chi connectivity index (χ1) is 37.5. The molecule has 0 bridgehead atoms. The van der Waals surface area contributed by atoms with Crippen molar-refractivity contribution in [3.63, 3.8) is 0 Å².